The minimum atomic E-state index is -0.0641. The van der Waals surface area contributed by atoms with Gasteiger partial charge in [-0.2, -0.15) is 0 Å². The molecule has 2 amide bonds. The van der Waals surface area contributed by atoms with Crippen LogP contribution in [0.2, 0.25) is 0 Å². The van der Waals surface area contributed by atoms with E-state index in [0.29, 0.717) is 5.92 Å². The third-order valence-electron chi connectivity index (χ3n) is 4.95. The minimum absolute atomic E-state index is 0.0641. The minimum Gasteiger partial charge on any atom is -0.376 e. The topological polar surface area (TPSA) is 53.6 Å². The van der Waals surface area contributed by atoms with Gasteiger partial charge in [0.25, 0.3) is 0 Å². The van der Waals surface area contributed by atoms with Crippen LogP contribution < -0.4 is 10.6 Å². The summed E-state index contributed by atoms with van der Waals surface area (Å²) in [6.07, 6.45) is 1.01. The molecule has 0 aliphatic carbocycles. The summed E-state index contributed by atoms with van der Waals surface area (Å²) in [5.41, 5.74) is 1.32. The third kappa shape index (κ3) is 4.24. The van der Waals surface area contributed by atoms with Gasteiger partial charge in [-0.3, -0.25) is 4.90 Å². The number of carbonyl (C=O) groups excluding carboxylic acids is 1. The van der Waals surface area contributed by atoms with E-state index in [9.17, 15) is 4.79 Å². The van der Waals surface area contributed by atoms with Gasteiger partial charge in [-0.15, -0.1) is 0 Å². The van der Waals surface area contributed by atoms with Crippen LogP contribution in [0.4, 0.5) is 4.79 Å². The van der Waals surface area contributed by atoms with Crippen LogP contribution in [-0.4, -0.2) is 48.8 Å². The van der Waals surface area contributed by atoms with E-state index in [0.717, 1.165) is 32.7 Å². The maximum atomic E-state index is 12.2. The highest BCUT2D eigenvalue weighted by molar-refractivity contribution is 5.74. The summed E-state index contributed by atoms with van der Waals surface area (Å²) < 4.78 is 5.49. The van der Waals surface area contributed by atoms with Gasteiger partial charge in [0.2, 0.25) is 0 Å². The first-order chi connectivity index (χ1) is 11.1. The zero-order valence-electron chi connectivity index (χ0n) is 14.0. The maximum absolute atomic E-state index is 12.2. The number of hydrogen-bond donors (Lipinski definition) is 2. The van der Waals surface area contributed by atoms with Crippen molar-refractivity contribution in [2.24, 2.45) is 5.92 Å². The van der Waals surface area contributed by atoms with Crippen molar-refractivity contribution in [2.45, 2.75) is 45.0 Å². The van der Waals surface area contributed by atoms with Crippen LogP contribution in [0.3, 0.4) is 0 Å². The Morgan fingerprint density at radius 1 is 1.17 bits per heavy atom. The molecule has 0 bridgehead atoms. The summed E-state index contributed by atoms with van der Waals surface area (Å²) >= 11 is 0. The standard InChI is InChI=1S/C18H27N3O2/c1-13-10-21(11-15-6-4-3-5-7-15)12-17(13)20-18(22)19-16-8-9-23-14(16)2/h3-7,13-14,16-17H,8-12H2,1-2H3,(H2,19,20,22)/t13-,14+,16-,17+/m1/s1. The lowest BCUT2D eigenvalue weighted by molar-refractivity contribution is 0.114. The number of likely N-dealkylation sites (tertiary alicyclic amines) is 1. The summed E-state index contributed by atoms with van der Waals surface area (Å²) in [5, 5.41) is 6.19. The lowest BCUT2D eigenvalue weighted by Gasteiger charge is -2.21. The summed E-state index contributed by atoms with van der Waals surface area (Å²) in [7, 11) is 0. The van der Waals surface area contributed by atoms with Gasteiger partial charge in [0.15, 0.2) is 0 Å². The van der Waals surface area contributed by atoms with E-state index in [2.05, 4.69) is 46.7 Å². The second kappa shape index (κ2) is 7.32. The Morgan fingerprint density at radius 2 is 1.91 bits per heavy atom. The average molecular weight is 317 g/mol. The second-order valence-corrected chi connectivity index (χ2v) is 6.85. The van der Waals surface area contributed by atoms with Gasteiger partial charge in [-0.25, -0.2) is 4.79 Å². The van der Waals surface area contributed by atoms with Crippen molar-refractivity contribution in [1.82, 2.24) is 15.5 Å². The number of amides is 2. The zero-order valence-corrected chi connectivity index (χ0v) is 14.0. The molecule has 2 aliphatic heterocycles. The average Bonchev–Trinajstić information content (AvgIpc) is 3.07. The molecule has 2 aliphatic rings. The summed E-state index contributed by atoms with van der Waals surface area (Å²) in [5.74, 6) is 0.460. The highest BCUT2D eigenvalue weighted by Crippen LogP contribution is 2.19. The predicted molar refractivity (Wildman–Crippen MR) is 90.2 cm³/mol. The van der Waals surface area contributed by atoms with Gasteiger partial charge in [-0.1, -0.05) is 37.3 Å². The lowest BCUT2D eigenvalue weighted by Crippen LogP contribution is -2.50. The van der Waals surface area contributed by atoms with E-state index in [-0.39, 0.29) is 24.2 Å². The van der Waals surface area contributed by atoms with Crippen molar-refractivity contribution in [2.75, 3.05) is 19.7 Å². The van der Waals surface area contributed by atoms with Crippen LogP contribution in [0.5, 0.6) is 0 Å². The first-order valence-corrected chi connectivity index (χ1v) is 8.56. The Bertz CT molecular complexity index is 522. The first kappa shape index (κ1) is 16.3. The van der Waals surface area contributed by atoms with Crippen LogP contribution in [0.1, 0.15) is 25.8 Å². The Balaban J connectivity index is 1.47. The molecule has 0 saturated carbocycles. The largest absolute Gasteiger partial charge is 0.376 e. The molecular weight excluding hydrogens is 290 g/mol. The van der Waals surface area contributed by atoms with Crippen molar-refractivity contribution < 1.29 is 9.53 Å². The van der Waals surface area contributed by atoms with Gasteiger partial charge in [0.1, 0.15) is 0 Å². The number of carbonyl (C=O) groups is 1. The molecule has 5 heteroatoms. The lowest BCUT2D eigenvalue weighted by atomic mass is 10.1. The number of benzene rings is 1. The fourth-order valence-electron chi connectivity index (χ4n) is 3.53. The number of hydrogen-bond acceptors (Lipinski definition) is 3. The van der Waals surface area contributed by atoms with E-state index in [1.807, 2.05) is 13.0 Å². The van der Waals surface area contributed by atoms with Crippen molar-refractivity contribution in [3.8, 4) is 0 Å². The van der Waals surface area contributed by atoms with Crippen molar-refractivity contribution in [3.63, 3.8) is 0 Å². The van der Waals surface area contributed by atoms with Crippen LogP contribution in [0, 0.1) is 5.92 Å². The van der Waals surface area contributed by atoms with Crippen molar-refractivity contribution in [3.05, 3.63) is 35.9 Å². The number of ether oxygens (including phenoxy) is 1. The van der Waals surface area contributed by atoms with Crippen molar-refractivity contribution in [1.29, 1.82) is 0 Å². The molecule has 0 aromatic heterocycles. The van der Waals surface area contributed by atoms with Crippen LogP contribution >= 0.6 is 0 Å². The van der Waals surface area contributed by atoms with Gasteiger partial charge in [-0.05, 0) is 24.8 Å². The third-order valence-corrected chi connectivity index (χ3v) is 4.95. The number of nitrogens with one attached hydrogen (secondary N) is 2. The van der Waals surface area contributed by atoms with E-state index in [4.69, 9.17) is 4.74 Å². The van der Waals surface area contributed by atoms with Crippen LogP contribution in [0.25, 0.3) is 0 Å². The molecule has 4 atom stereocenters. The van der Waals surface area contributed by atoms with Crippen molar-refractivity contribution >= 4 is 6.03 Å². The molecule has 2 saturated heterocycles. The quantitative estimate of drug-likeness (QED) is 0.893. The molecule has 1 aromatic carbocycles. The molecule has 2 fully saturated rings. The SMILES string of the molecule is C[C@@H]1CN(Cc2ccccc2)C[C@@H]1NC(=O)N[C@@H]1CCO[C@H]1C. The molecule has 126 valence electrons. The summed E-state index contributed by atoms with van der Waals surface area (Å²) in [6, 6.07) is 10.8. The highest BCUT2D eigenvalue weighted by Gasteiger charge is 2.32. The number of urea groups is 1. The predicted octanol–water partition coefficient (Wildman–Crippen LogP) is 1.98. The van der Waals surface area contributed by atoms with Gasteiger partial charge in [0.05, 0.1) is 12.1 Å². The molecule has 5 nitrogen and oxygen atoms in total. The van der Waals surface area contributed by atoms with Gasteiger partial charge >= 0.3 is 6.03 Å². The molecule has 1 aromatic rings. The molecule has 0 unspecified atom stereocenters. The van der Waals surface area contributed by atoms with Crippen LogP contribution in [-0.2, 0) is 11.3 Å². The Morgan fingerprint density at radius 3 is 2.61 bits per heavy atom. The van der Waals surface area contributed by atoms with E-state index in [1.54, 1.807) is 0 Å². The normalized spacial score (nSPS) is 31.2. The summed E-state index contributed by atoms with van der Waals surface area (Å²) in [4.78, 5) is 14.6. The van der Waals surface area contributed by atoms with Gasteiger partial charge in [0, 0.05) is 32.3 Å². The van der Waals surface area contributed by atoms with Crippen LogP contribution in [0.15, 0.2) is 30.3 Å². The monoisotopic (exact) mass is 317 g/mol. The molecular formula is C18H27N3O2. The Labute approximate surface area is 138 Å². The molecule has 0 radical (unpaired) electrons. The van der Waals surface area contributed by atoms with Gasteiger partial charge < -0.3 is 15.4 Å². The van der Waals surface area contributed by atoms with E-state index < -0.39 is 0 Å². The zero-order chi connectivity index (χ0) is 16.2. The second-order valence-electron chi connectivity index (χ2n) is 6.85. The summed E-state index contributed by atoms with van der Waals surface area (Å²) in [6.45, 7) is 7.81. The molecule has 0 spiro atoms. The number of rotatable bonds is 4. The maximum Gasteiger partial charge on any atom is 0.315 e. The molecule has 2 heterocycles. The Kier molecular flexibility index (Phi) is 5.18. The fourth-order valence-corrected chi connectivity index (χ4v) is 3.53. The molecule has 2 N–H and O–H groups in total. The fraction of sp³-hybridized carbons (Fsp3) is 0.611. The first-order valence-electron chi connectivity index (χ1n) is 8.56. The smallest absolute Gasteiger partial charge is 0.315 e. The van der Waals surface area contributed by atoms with E-state index >= 15 is 0 Å². The highest BCUT2D eigenvalue weighted by atomic mass is 16.5. The molecule has 3 rings (SSSR count). The Hall–Kier alpha value is -1.59. The van der Waals surface area contributed by atoms with E-state index in [1.165, 1.54) is 5.56 Å². The number of nitrogens with zero attached hydrogens (tertiary/aromatic N) is 1. The molecule has 23 heavy (non-hydrogen) atoms.